The van der Waals surface area contributed by atoms with Crippen molar-refractivity contribution in [2.75, 3.05) is 5.32 Å². The summed E-state index contributed by atoms with van der Waals surface area (Å²) >= 11 is 6.69. The number of nitrogens with zero attached hydrogens (tertiary/aromatic N) is 1. The minimum absolute atomic E-state index is 0.140. The average molecular weight is 416 g/mol. The molecule has 2 aromatic carbocycles. The largest absolute Gasteiger partial charge is 0.478 e. The monoisotopic (exact) mass is 414 g/mol. The Morgan fingerprint density at radius 1 is 1.19 bits per heavy atom. The fraction of sp³-hybridized carbons (Fsp3) is 0. The molecule has 108 valence electrons. The number of carboxylic acid groups (broad SMARTS) is 1. The minimum Gasteiger partial charge on any atom is -0.478 e. The molecule has 0 saturated carbocycles. The predicted octanol–water partition coefficient (Wildman–Crippen LogP) is 4.56. The molecular formula is C13H8Br2N2O4. The van der Waals surface area contributed by atoms with Gasteiger partial charge in [0.05, 0.1) is 16.2 Å². The van der Waals surface area contributed by atoms with E-state index in [4.69, 9.17) is 5.11 Å². The highest BCUT2D eigenvalue weighted by Crippen LogP contribution is 2.36. The summed E-state index contributed by atoms with van der Waals surface area (Å²) in [4.78, 5) is 21.4. The van der Waals surface area contributed by atoms with Crippen molar-refractivity contribution in [2.24, 2.45) is 0 Å². The standard InChI is InChI=1S/C13H8Br2N2O4/c14-8-2-1-3-9(15)12(8)16-10-5-4-7(13(18)19)6-11(10)17(20)21/h1-6,16H,(H,18,19). The molecule has 0 aliphatic heterocycles. The fourth-order valence-electron chi connectivity index (χ4n) is 1.67. The Morgan fingerprint density at radius 2 is 1.81 bits per heavy atom. The fourth-order valence-corrected chi connectivity index (χ4v) is 2.87. The number of nitrogens with one attached hydrogen (secondary N) is 1. The number of hydrogen-bond donors (Lipinski definition) is 2. The molecule has 2 N–H and O–H groups in total. The molecular weight excluding hydrogens is 408 g/mol. The molecule has 0 aliphatic carbocycles. The lowest BCUT2D eigenvalue weighted by atomic mass is 10.1. The molecule has 0 unspecified atom stereocenters. The lowest BCUT2D eigenvalue weighted by Gasteiger charge is -2.11. The van der Waals surface area contributed by atoms with E-state index in [1.54, 1.807) is 18.2 Å². The van der Waals surface area contributed by atoms with Crippen molar-refractivity contribution in [3.05, 3.63) is 61.0 Å². The van der Waals surface area contributed by atoms with Gasteiger partial charge < -0.3 is 10.4 Å². The number of benzene rings is 2. The third-order valence-electron chi connectivity index (χ3n) is 2.66. The number of carboxylic acids is 1. The van der Waals surface area contributed by atoms with Crippen LogP contribution in [0.2, 0.25) is 0 Å². The second-order valence-corrected chi connectivity index (χ2v) is 5.72. The zero-order valence-corrected chi connectivity index (χ0v) is 13.5. The molecule has 2 aromatic rings. The molecule has 21 heavy (non-hydrogen) atoms. The van der Waals surface area contributed by atoms with Gasteiger partial charge >= 0.3 is 5.97 Å². The van der Waals surface area contributed by atoms with E-state index >= 15 is 0 Å². The molecule has 0 fully saturated rings. The van der Waals surface area contributed by atoms with E-state index in [2.05, 4.69) is 37.2 Å². The van der Waals surface area contributed by atoms with Crippen LogP contribution in [0.3, 0.4) is 0 Å². The molecule has 0 saturated heterocycles. The smallest absolute Gasteiger partial charge is 0.335 e. The maximum absolute atomic E-state index is 11.1. The SMILES string of the molecule is O=C(O)c1ccc(Nc2c(Br)cccc2Br)c([N+](=O)[O-])c1. The van der Waals surface area contributed by atoms with Crippen LogP contribution in [-0.2, 0) is 0 Å². The number of carbonyl (C=O) groups is 1. The molecule has 0 heterocycles. The molecule has 0 spiro atoms. The predicted molar refractivity (Wildman–Crippen MR) is 85.2 cm³/mol. The van der Waals surface area contributed by atoms with Gasteiger partial charge in [-0.25, -0.2) is 4.79 Å². The van der Waals surface area contributed by atoms with Gasteiger partial charge in [-0.05, 0) is 56.1 Å². The molecule has 0 radical (unpaired) electrons. The summed E-state index contributed by atoms with van der Waals surface area (Å²) in [7, 11) is 0. The zero-order valence-electron chi connectivity index (χ0n) is 10.3. The first-order valence-electron chi connectivity index (χ1n) is 5.63. The van der Waals surface area contributed by atoms with Crippen LogP contribution in [0.4, 0.5) is 17.1 Å². The Hall–Kier alpha value is -1.93. The quantitative estimate of drug-likeness (QED) is 0.563. The summed E-state index contributed by atoms with van der Waals surface area (Å²) < 4.78 is 1.43. The highest BCUT2D eigenvalue weighted by atomic mass is 79.9. The zero-order chi connectivity index (χ0) is 15.6. The van der Waals surface area contributed by atoms with Gasteiger partial charge in [0, 0.05) is 15.0 Å². The highest BCUT2D eigenvalue weighted by Gasteiger charge is 2.18. The van der Waals surface area contributed by atoms with E-state index in [0.717, 1.165) is 6.07 Å². The van der Waals surface area contributed by atoms with Gasteiger partial charge in [-0.15, -0.1) is 0 Å². The van der Waals surface area contributed by atoms with E-state index in [0.29, 0.717) is 14.6 Å². The van der Waals surface area contributed by atoms with Crippen LogP contribution in [-0.4, -0.2) is 16.0 Å². The third-order valence-corrected chi connectivity index (χ3v) is 3.99. The Morgan fingerprint density at radius 3 is 2.33 bits per heavy atom. The molecule has 6 nitrogen and oxygen atoms in total. The molecule has 0 aliphatic rings. The maximum Gasteiger partial charge on any atom is 0.335 e. The van der Waals surface area contributed by atoms with Crippen LogP contribution in [0.15, 0.2) is 45.3 Å². The molecule has 2 rings (SSSR count). The topological polar surface area (TPSA) is 92.5 Å². The second kappa shape index (κ2) is 6.23. The molecule has 0 aromatic heterocycles. The van der Waals surface area contributed by atoms with Crippen LogP contribution < -0.4 is 5.32 Å². The van der Waals surface area contributed by atoms with E-state index in [1.165, 1.54) is 12.1 Å². The number of nitro benzene ring substituents is 1. The summed E-state index contributed by atoms with van der Waals surface area (Å²) in [6, 6.07) is 9.07. The third kappa shape index (κ3) is 3.40. The normalized spacial score (nSPS) is 10.2. The molecule has 0 atom stereocenters. The van der Waals surface area contributed by atoms with Crippen molar-refractivity contribution < 1.29 is 14.8 Å². The summed E-state index contributed by atoms with van der Waals surface area (Å²) in [5.41, 5.74) is 0.372. The average Bonchev–Trinajstić information content (AvgIpc) is 2.42. The number of hydrogen-bond acceptors (Lipinski definition) is 4. The Labute approximate surface area is 136 Å². The van der Waals surface area contributed by atoms with Crippen molar-refractivity contribution in [2.45, 2.75) is 0 Å². The van der Waals surface area contributed by atoms with Gasteiger partial charge in [0.2, 0.25) is 0 Å². The van der Waals surface area contributed by atoms with Crippen molar-refractivity contribution in [3.63, 3.8) is 0 Å². The number of aromatic carboxylic acids is 1. The summed E-state index contributed by atoms with van der Waals surface area (Å²) in [6.45, 7) is 0. The van der Waals surface area contributed by atoms with Gasteiger partial charge in [0.15, 0.2) is 0 Å². The van der Waals surface area contributed by atoms with Crippen LogP contribution >= 0.6 is 31.9 Å². The van der Waals surface area contributed by atoms with Gasteiger partial charge in [0.25, 0.3) is 5.69 Å². The second-order valence-electron chi connectivity index (χ2n) is 4.02. The number of anilines is 2. The van der Waals surface area contributed by atoms with Gasteiger partial charge in [-0.1, -0.05) is 6.07 Å². The summed E-state index contributed by atoms with van der Waals surface area (Å²) in [5.74, 6) is -1.22. The molecule has 0 bridgehead atoms. The van der Waals surface area contributed by atoms with Gasteiger partial charge in [0.1, 0.15) is 5.69 Å². The Balaban J connectivity index is 2.49. The van der Waals surface area contributed by atoms with Crippen molar-refractivity contribution in [1.29, 1.82) is 0 Å². The van der Waals surface area contributed by atoms with Crippen molar-refractivity contribution >= 4 is 54.9 Å². The number of halogens is 2. The number of para-hydroxylation sites is 1. The number of rotatable bonds is 4. The molecule has 0 amide bonds. The maximum atomic E-state index is 11.1. The summed E-state index contributed by atoms with van der Waals surface area (Å²) in [6.07, 6.45) is 0. The minimum atomic E-state index is -1.22. The van der Waals surface area contributed by atoms with Crippen molar-refractivity contribution in [1.82, 2.24) is 0 Å². The van der Waals surface area contributed by atoms with Crippen LogP contribution in [0.25, 0.3) is 0 Å². The van der Waals surface area contributed by atoms with Gasteiger partial charge in [-0.2, -0.15) is 0 Å². The lowest BCUT2D eigenvalue weighted by molar-refractivity contribution is -0.383. The van der Waals surface area contributed by atoms with E-state index in [1.807, 2.05) is 0 Å². The van der Waals surface area contributed by atoms with Crippen LogP contribution in [0.5, 0.6) is 0 Å². The van der Waals surface area contributed by atoms with Crippen molar-refractivity contribution in [3.8, 4) is 0 Å². The van der Waals surface area contributed by atoms with Gasteiger partial charge in [-0.3, -0.25) is 10.1 Å². The van der Waals surface area contributed by atoms with E-state index in [9.17, 15) is 14.9 Å². The summed E-state index contributed by atoms with van der Waals surface area (Å²) in [5, 5.41) is 22.9. The first-order chi connectivity index (χ1) is 9.90. The van der Waals surface area contributed by atoms with E-state index < -0.39 is 10.9 Å². The first-order valence-corrected chi connectivity index (χ1v) is 7.21. The highest BCUT2D eigenvalue weighted by molar-refractivity contribution is 9.11. The van der Waals surface area contributed by atoms with Crippen LogP contribution in [0, 0.1) is 10.1 Å². The Kier molecular flexibility index (Phi) is 4.59. The molecule has 8 heteroatoms. The van der Waals surface area contributed by atoms with Crippen LogP contribution in [0.1, 0.15) is 10.4 Å². The number of nitro groups is 1. The Bertz CT molecular complexity index is 714. The first kappa shape index (κ1) is 15.5. The lowest BCUT2D eigenvalue weighted by Crippen LogP contribution is -2.02. The van der Waals surface area contributed by atoms with E-state index in [-0.39, 0.29) is 16.9 Å².